The molecule has 0 amide bonds. The van der Waals surface area contributed by atoms with Crippen LogP contribution in [0.3, 0.4) is 0 Å². The Morgan fingerprint density at radius 1 is 1.39 bits per heavy atom. The first-order valence-electron chi connectivity index (χ1n) is 8.06. The molecule has 1 aliphatic heterocycles. The van der Waals surface area contributed by atoms with Crippen LogP contribution in [0.15, 0.2) is 29.3 Å². The zero-order valence-electron chi connectivity index (χ0n) is 14.5. The molecule has 2 rings (SSSR count). The van der Waals surface area contributed by atoms with E-state index in [1.54, 1.807) is 7.11 Å². The molecular weight excluding hydrogens is 324 g/mol. The van der Waals surface area contributed by atoms with Crippen LogP contribution >= 0.6 is 24.0 Å². The molecule has 1 aromatic carbocycles. The number of aliphatic imine (C=N–C) groups is 1. The smallest absolute Gasteiger partial charge is 0.164 e. The quantitative estimate of drug-likeness (QED) is 0.735. The lowest BCUT2D eigenvalue weighted by atomic mass is 9.95. The minimum Gasteiger partial charge on any atom is -0.496 e. The third-order valence-electron chi connectivity index (χ3n) is 3.83. The molecule has 1 saturated heterocycles. The standard InChI is InChI=1S/C18H26N2OS2/c1-5-16(22)20-12-18(2,3)13-23-17(20)19-11-10-14-8-6-7-9-15(14)21-4/h6-9H,5,10-13H2,1-4H3/b19-17-. The lowest BCUT2D eigenvalue weighted by molar-refractivity contribution is 0.343. The fourth-order valence-electron chi connectivity index (χ4n) is 2.58. The van der Waals surface area contributed by atoms with Gasteiger partial charge in [-0.25, -0.2) is 0 Å². The first-order chi connectivity index (χ1) is 11.0. The lowest BCUT2D eigenvalue weighted by Gasteiger charge is -2.39. The van der Waals surface area contributed by atoms with E-state index in [-0.39, 0.29) is 5.41 Å². The summed E-state index contributed by atoms with van der Waals surface area (Å²) in [7, 11) is 1.71. The summed E-state index contributed by atoms with van der Waals surface area (Å²) in [6, 6.07) is 8.14. The Hall–Kier alpha value is -1.07. The van der Waals surface area contributed by atoms with Crippen molar-refractivity contribution in [3.63, 3.8) is 0 Å². The summed E-state index contributed by atoms with van der Waals surface area (Å²) in [6.07, 6.45) is 1.77. The van der Waals surface area contributed by atoms with E-state index in [1.807, 2.05) is 30.0 Å². The van der Waals surface area contributed by atoms with Crippen molar-refractivity contribution in [2.45, 2.75) is 33.6 Å². The molecule has 0 N–H and O–H groups in total. The van der Waals surface area contributed by atoms with Crippen LogP contribution in [0.1, 0.15) is 32.8 Å². The van der Waals surface area contributed by atoms with Gasteiger partial charge in [0.05, 0.1) is 12.1 Å². The van der Waals surface area contributed by atoms with Gasteiger partial charge in [0, 0.05) is 18.8 Å². The molecule has 3 nitrogen and oxygen atoms in total. The number of hydrogen-bond donors (Lipinski definition) is 0. The molecule has 0 spiro atoms. The third-order valence-corrected chi connectivity index (χ3v) is 5.88. The largest absolute Gasteiger partial charge is 0.496 e. The van der Waals surface area contributed by atoms with Crippen LogP contribution in [-0.4, -0.2) is 41.0 Å². The number of methoxy groups -OCH3 is 1. The molecule has 1 fully saturated rings. The van der Waals surface area contributed by atoms with Crippen molar-refractivity contribution in [3.8, 4) is 5.75 Å². The molecule has 0 unspecified atom stereocenters. The normalized spacial score (nSPS) is 19.0. The van der Waals surface area contributed by atoms with E-state index in [0.29, 0.717) is 0 Å². The van der Waals surface area contributed by atoms with Crippen LogP contribution in [0, 0.1) is 5.41 Å². The molecule has 0 atom stereocenters. The second-order valence-corrected chi connectivity index (χ2v) is 7.93. The second kappa shape index (κ2) is 8.15. The minimum absolute atomic E-state index is 0.269. The average Bonchev–Trinajstić information content (AvgIpc) is 2.55. The number of para-hydroxylation sites is 1. The zero-order chi connectivity index (χ0) is 16.9. The Kier molecular flexibility index (Phi) is 6.48. The van der Waals surface area contributed by atoms with E-state index in [4.69, 9.17) is 21.9 Å². The van der Waals surface area contributed by atoms with Gasteiger partial charge in [-0.3, -0.25) is 4.99 Å². The number of ether oxygens (including phenoxy) is 1. The number of rotatable bonds is 5. The average molecular weight is 351 g/mol. The number of nitrogens with zero attached hydrogens (tertiary/aromatic N) is 2. The summed E-state index contributed by atoms with van der Waals surface area (Å²) >= 11 is 7.37. The van der Waals surface area contributed by atoms with Crippen molar-refractivity contribution < 1.29 is 4.74 Å². The van der Waals surface area contributed by atoms with Crippen LogP contribution in [0.5, 0.6) is 5.75 Å². The van der Waals surface area contributed by atoms with Gasteiger partial charge >= 0.3 is 0 Å². The van der Waals surface area contributed by atoms with E-state index in [2.05, 4.69) is 31.7 Å². The fourth-order valence-corrected chi connectivity index (χ4v) is 3.91. The van der Waals surface area contributed by atoms with E-state index in [9.17, 15) is 0 Å². The third kappa shape index (κ3) is 4.95. The summed E-state index contributed by atoms with van der Waals surface area (Å²) in [5, 5.41) is 1.08. The highest BCUT2D eigenvalue weighted by Gasteiger charge is 2.32. The first kappa shape index (κ1) is 18.3. The molecule has 1 heterocycles. The van der Waals surface area contributed by atoms with Crippen molar-refractivity contribution in [2.75, 3.05) is 26.0 Å². The van der Waals surface area contributed by atoms with Gasteiger partial charge in [0.2, 0.25) is 0 Å². The predicted molar refractivity (Wildman–Crippen MR) is 105 cm³/mol. The number of thioether (sulfide) groups is 1. The Morgan fingerprint density at radius 2 is 2.13 bits per heavy atom. The number of benzene rings is 1. The molecule has 5 heteroatoms. The van der Waals surface area contributed by atoms with Gasteiger partial charge in [-0.1, -0.05) is 63.0 Å². The summed E-state index contributed by atoms with van der Waals surface area (Å²) in [4.78, 5) is 8.05. The Bertz CT molecular complexity index is 584. The molecule has 0 radical (unpaired) electrons. The lowest BCUT2D eigenvalue weighted by Crippen LogP contribution is -2.46. The highest BCUT2D eigenvalue weighted by molar-refractivity contribution is 8.14. The Balaban J connectivity index is 2.06. The Morgan fingerprint density at radius 3 is 2.83 bits per heavy atom. The van der Waals surface area contributed by atoms with Gasteiger partial charge in [-0.2, -0.15) is 0 Å². The van der Waals surface area contributed by atoms with Gasteiger partial charge in [0.15, 0.2) is 5.17 Å². The number of thiocarbonyl (C=S) groups is 1. The summed E-state index contributed by atoms with van der Waals surface area (Å²) < 4.78 is 5.41. The molecule has 0 aliphatic carbocycles. The predicted octanol–water partition coefficient (Wildman–Crippen LogP) is 4.41. The first-order valence-corrected chi connectivity index (χ1v) is 9.46. The highest BCUT2D eigenvalue weighted by atomic mass is 32.2. The van der Waals surface area contributed by atoms with Crippen molar-refractivity contribution in [2.24, 2.45) is 10.4 Å². The maximum atomic E-state index is 5.55. The molecule has 1 aliphatic rings. The van der Waals surface area contributed by atoms with Gasteiger partial charge in [-0.15, -0.1) is 0 Å². The second-order valence-electron chi connectivity index (χ2n) is 6.51. The van der Waals surface area contributed by atoms with Gasteiger partial charge in [0.25, 0.3) is 0 Å². The molecule has 0 saturated carbocycles. The van der Waals surface area contributed by atoms with Crippen molar-refractivity contribution in [3.05, 3.63) is 29.8 Å². The number of hydrogen-bond acceptors (Lipinski definition) is 4. The molecule has 0 aromatic heterocycles. The molecule has 0 bridgehead atoms. The molecular formula is C18H26N2OS2. The van der Waals surface area contributed by atoms with Crippen LogP contribution in [-0.2, 0) is 6.42 Å². The van der Waals surface area contributed by atoms with E-state index < -0.39 is 0 Å². The van der Waals surface area contributed by atoms with Crippen LogP contribution in [0.4, 0.5) is 0 Å². The van der Waals surface area contributed by atoms with Crippen LogP contribution in [0.2, 0.25) is 0 Å². The van der Waals surface area contributed by atoms with Crippen LogP contribution in [0.25, 0.3) is 0 Å². The molecule has 1 aromatic rings. The topological polar surface area (TPSA) is 24.8 Å². The van der Waals surface area contributed by atoms with Gasteiger partial charge < -0.3 is 9.64 Å². The van der Waals surface area contributed by atoms with Gasteiger partial charge in [-0.05, 0) is 29.9 Å². The maximum absolute atomic E-state index is 5.55. The van der Waals surface area contributed by atoms with Crippen molar-refractivity contribution in [1.29, 1.82) is 0 Å². The highest BCUT2D eigenvalue weighted by Crippen LogP contribution is 2.32. The number of amidine groups is 1. The Labute approximate surface area is 149 Å². The minimum atomic E-state index is 0.269. The molecule has 126 valence electrons. The summed E-state index contributed by atoms with van der Waals surface area (Å²) in [6.45, 7) is 8.40. The van der Waals surface area contributed by atoms with E-state index >= 15 is 0 Å². The van der Waals surface area contributed by atoms with Gasteiger partial charge in [0.1, 0.15) is 5.75 Å². The SMILES string of the molecule is CCC(=S)N1CC(C)(C)CS/C1=N\CCc1ccccc1OC. The van der Waals surface area contributed by atoms with E-state index in [1.165, 1.54) is 5.56 Å². The van der Waals surface area contributed by atoms with Crippen LogP contribution < -0.4 is 4.74 Å². The maximum Gasteiger partial charge on any atom is 0.164 e. The fraction of sp³-hybridized carbons (Fsp3) is 0.556. The monoisotopic (exact) mass is 350 g/mol. The zero-order valence-corrected chi connectivity index (χ0v) is 16.1. The van der Waals surface area contributed by atoms with Crippen molar-refractivity contribution >= 4 is 34.1 Å². The summed E-state index contributed by atoms with van der Waals surface area (Å²) in [5.41, 5.74) is 1.47. The van der Waals surface area contributed by atoms with E-state index in [0.717, 1.165) is 47.6 Å². The summed E-state index contributed by atoms with van der Waals surface area (Å²) in [5.74, 6) is 2.02. The molecule has 23 heavy (non-hydrogen) atoms. The van der Waals surface area contributed by atoms with Crippen molar-refractivity contribution in [1.82, 2.24) is 4.90 Å².